The Morgan fingerprint density at radius 2 is 1.91 bits per heavy atom. The van der Waals surface area contributed by atoms with Crippen LogP contribution in [0.15, 0.2) is 29.3 Å². The van der Waals surface area contributed by atoms with E-state index >= 15 is 0 Å². The molecule has 0 saturated carbocycles. The third kappa shape index (κ3) is 6.48. The van der Waals surface area contributed by atoms with Gasteiger partial charge in [-0.1, -0.05) is 39.8 Å². The summed E-state index contributed by atoms with van der Waals surface area (Å²) in [6, 6.07) is 8.75. The molecule has 4 nitrogen and oxygen atoms in total. The number of nitrogens with one attached hydrogen (secondary N) is 1. The number of guanidine groups is 1. The molecular weight excluding hydrogens is 272 g/mol. The van der Waals surface area contributed by atoms with E-state index in [0.29, 0.717) is 30.4 Å². The summed E-state index contributed by atoms with van der Waals surface area (Å²) in [4.78, 5) is 6.73. The molecule has 0 radical (unpaired) electrons. The molecule has 0 aliphatic carbocycles. The van der Waals surface area contributed by atoms with E-state index in [-0.39, 0.29) is 0 Å². The monoisotopic (exact) mass is 304 g/mol. The van der Waals surface area contributed by atoms with Crippen molar-refractivity contribution < 1.29 is 0 Å². The summed E-state index contributed by atoms with van der Waals surface area (Å²) in [5.41, 5.74) is 8.32. The van der Waals surface area contributed by atoms with Gasteiger partial charge in [-0.25, -0.2) is 0 Å². The van der Waals surface area contributed by atoms with E-state index in [0.717, 1.165) is 12.1 Å². The van der Waals surface area contributed by atoms with Crippen LogP contribution in [0.5, 0.6) is 0 Å². The van der Waals surface area contributed by atoms with Crippen molar-refractivity contribution in [3.8, 4) is 0 Å². The molecule has 4 heteroatoms. The largest absolute Gasteiger partial charge is 0.370 e. The Bertz CT molecular complexity index is 478. The second kappa shape index (κ2) is 8.79. The summed E-state index contributed by atoms with van der Waals surface area (Å²) >= 11 is 0. The van der Waals surface area contributed by atoms with Gasteiger partial charge in [0, 0.05) is 11.7 Å². The van der Waals surface area contributed by atoms with Gasteiger partial charge >= 0.3 is 0 Å². The Kier molecular flexibility index (Phi) is 7.39. The minimum Gasteiger partial charge on any atom is -0.370 e. The van der Waals surface area contributed by atoms with Crippen LogP contribution in [0.1, 0.15) is 45.6 Å². The van der Waals surface area contributed by atoms with E-state index in [9.17, 15) is 0 Å². The minimum atomic E-state index is 0.419. The third-order valence-electron chi connectivity index (χ3n) is 3.77. The van der Waals surface area contributed by atoms with Crippen molar-refractivity contribution in [1.82, 2.24) is 4.90 Å². The molecule has 22 heavy (non-hydrogen) atoms. The van der Waals surface area contributed by atoms with Crippen molar-refractivity contribution in [2.45, 2.75) is 46.1 Å². The molecule has 0 heterocycles. The predicted octanol–water partition coefficient (Wildman–Crippen LogP) is 3.51. The van der Waals surface area contributed by atoms with Gasteiger partial charge in [-0.3, -0.25) is 4.99 Å². The summed E-state index contributed by atoms with van der Waals surface area (Å²) in [6.45, 7) is 9.56. The fraction of sp³-hybridized carbons (Fsp3) is 0.611. The molecule has 1 atom stereocenters. The van der Waals surface area contributed by atoms with Crippen molar-refractivity contribution in [2.24, 2.45) is 16.6 Å². The predicted molar refractivity (Wildman–Crippen MR) is 97.6 cm³/mol. The lowest BCUT2D eigenvalue weighted by molar-refractivity contribution is 0.261. The van der Waals surface area contributed by atoms with Crippen molar-refractivity contribution in [2.75, 3.05) is 26.0 Å². The zero-order chi connectivity index (χ0) is 16.7. The van der Waals surface area contributed by atoms with E-state index in [1.807, 2.05) is 12.1 Å². The number of rotatable bonds is 7. The Labute approximate surface area is 135 Å². The zero-order valence-electron chi connectivity index (χ0n) is 14.9. The van der Waals surface area contributed by atoms with Crippen LogP contribution in [0.2, 0.25) is 0 Å². The number of nitrogens with zero attached hydrogens (tertiary/aromatic N) is 2. The normalized spacial score (nSPS) is 14.0. The number of aliphatic imine (C=N–C) groups is 1. The maximum Gasteiger partial charge on any atom is 0.193 e. The second-order valence-corrected chi connectivity index (χ2v) is 6.88. The lowest BCUT2D eigenvalue weighted by Crippen LogP contribution is -2.34. The van der Waals surface area contributed by atoms with Crippen LogP contribution < -0.4 is 11.1 Å². The van der Waals surface area contributed by atoms with Crippen LogP contribution >= 0.6 is 0 Å². The number of benzene rings is 1. The van der Waals surface area contributed by atoms with Gasteiger partial charge in [0.05, 0.1) is 6.54 Å². The highest BCUT2D eigenvalue weighted by molar-refractivity contribution is 5.92. The van der Waals surface area contributed by atoms with Gasteiger partial charge in [-0.15, -0.1) is 0 Å². The second-order valence-electron chi connectivity index (χ2n) is 6.88. The smallest absolute Gasteiger partial charge is 0.193 e. The molecule has 0 saturated heterocycles. The first-order valence-electron chi connectivity index (χ1n) is 8.13. The Morgan fingerprint density at radius 3 is 2.45 bits per heavy atom. The molecule has 0 amide bonds. The van der Waals surface area contributed by atoms with Crippen LogP contribution in [0.25, 0.3) is 0 Å². The van der Waals surface area contributed by atoms with Crippen LogP contribution in [-0.2, 0) is 0 Å². The molecule has 1 rings (SSSR count). The maximum atomic E-state index is 6.03. The van der Waals surface area contributed by atoms with Gasteiger partial charge in [0.2, 0.25) is 0 Å². The molecule has 0 aliphatic heterocycles. The number of hydrogen-bond donors (Lipinski definition) is 2. The molecule has 3 N–H and O–H groups in total. The first-order valence-corrected chi connectivity index (χ1v) is 8.13. The molecule has 1 aromatic carbocycles. The first kappa shape index (κ1) is 18.5. The van der Waals surface area contributed by atoms with Crippen LogP contribution in [-0.4, -0.2) is 37.5 Å². The van der Waals surface area contributed by atoms with Crippen LogP contribution in [0.4, 0.5) is 5.69 Å². The van der Waals surface area contributed by atoms with Crippen molar-refractivity contribution in [3.63, 3.8) is 0 Å². The maximum absolute atomic E-state index is 6.03. The summed E-state index contributed by atoms with van der Waals surface area (Å²) in [5.74, 6) is 1.64. The lowest BCUT2D eigenvalue weighted by atomic mass is 10.0. The average Bonchev–Trinajstić information content (AvgIpc) is 2.43. The van der Waals surface area contributed by atoms with Gasteiger partial charge in [-0.2, -0.15) is 0 Å². The lowest BCUT2D eigenvalue weighted by Gasteiger charge is -2.24. The number of hydrogen-bond acceptors (Lipinski definition) is 2. The molecule has 0 fully saturated rings. The Hall–Kier alpha value is -1.55. The zero-order valence-corrected chi connectivity index (χ0v) is 14.9. The van der Waals surface area contributed by atoms with E-state index in [2.05, 4.69) is 69.1 Å². The first-order chi connectivity index (χ1) is 10.3. The van der Waals surface area contributed by atoms with E-state index in [1.54, 1.807) is 0 Å². The third-order valence-corrected chi connectivity index (χ3v) is 3.77. The summed E-state index contributed by atoms with van der Waals surface area (Å²) < 4.78 is 0. The van der Waals surface area contributed by atoms with Crippen molar-refractivity contribution in [1.29, 1.82) is 0 Å². The Morgan fingerprint density at radius 1 is 1.23 bits per heavy atom. The van der Waals surface area contributed by atoms with Crippen molar-refractivity contribution >= 4 is 11.6 Å². The molecule has 0 bridgehead atoms. The highest BCUT2D eigenvalue weighted by atomic mass is 15.1. The van der Waals surface area contributed by atoms with E-state index in [4.69, 9.17) is 5.73 Å². The SMILES string of the molecule is CC(C)CC(CN=C(N)Nc1cccc(C(C)C)c1)N(C)C. The molecular formula is C18H32N4. The van der Waals surface area contributed by atoms with Gasteiger partial charge < -0.3 is 16.0 Å². The fourth-order valence-corrected chi connectivity index (χ4v) is 2.36. The van der Waals surface area contributed by atoms with E-state index < -0.39 is 0 Å². The van der Waals surface area contributed by atoms with Crippen molar-refractivity contribution in [3.05, 3.63) is 29.8 Å². The number of nitrogens with two attached hydrogens (primary N) is 1. The Balaban J connectivity index is 2.66. The van der Waals surface area contributed by atoms with E-state index in [1.165, 1.54) is 5.56 Å². The highest BCUT2D eigenvalue weighted by Gasteiger charge is 2.12. The molecule has 1 unspecified atom stereocenters. The number of anilines is 1. The van der Waals surface area contributed by atoms with Gasteiger partial charge in [0.15, 0.2) is 5.96 Å². The van der Waals surface area contributed by atoms with Crippen LogP contribution in [0.3, 0.4) is 0 Å². The molecule has 0 aromatic heterocycles. The fourth-order valence-electron chi connectivity index (χ4n) is 2.36. The standard InChI is InChI=1S/C18H32N4/c1-13(2)10-17(22(5)6)12-20-18(19)21-16-9-7-8-15(11-16)14(3)4/h7-9,11,13-14,17H,10,12H2,1-6H3,(H3,19,20,21). The van der Waals surface area contributed by atoms with Gasteiger partial charge in [-0.05, 0) is 50.0 Å². The summed E-state index contributed by atoms with van der Waals surface area (Å²) in [5, 5.41) is 3.19. The summed E-state index contributed by atoms with van der Waals surface area (Å²) in [7, 11) is 4.19. The topological polar surface area (TPSA) is 53.6 Å². The summed E-state index contributed by atoms with van der Waals surface area (Å²) in [6.07, 6.45) is 1.12. The number of likely N-dealkylation sites (N-methyl/N-ethyl adjacent to an activating group) is 1. The van der Waals surface area contributed by atoms with Gasteiger partial charge in [0.25, 0.3) is 0 Å². The average molecular weight is 304 g/mol. The van der Waals surface area contributed by atoms with Gasteiger partial charge in [0.1, 0.15) is 0 Å². The molecule has 1 aromatic rings. The minimum absolute atomic E-state index is 0.419. The molecule has 0 spiro atoms. The molecule has 0 aliphatic rings. The quantitative estimate of drug-likeness (QED) is 0.598. The van der Waals surface area contributed by atoms with Crippen LogP contribution in [0, 0.1) is 5.92 Å². The highest BCUT2D eigenvalue weighted by Crippen LogP contribution is 2.18. The molecule has 124 valence electrons.